The summed E-state index contributed by atoms with van der Waals surface area (Å²) in [6, 6.07) is 17.1. The fourth-order valence-electron chi connectivity index (χ4n) is 4.30. The normalized spacial score (nSPS) is 11.4. The van der Waals surface area contributed by atoms with Crippen molar-refractivity contribution in [1.82, 2.24) is 25.1 Å². The Hall–Kier alpha value is -4.52. The summed E-state index contributed by atoms with van der Waals surface area (Å²) in [5.74, 6) is -0.275. The number of pyridine rings is 2. The second-order valence-electron chi connectivity index (χ2n) is 8.47. The van der Waals surface area contributed by atoms with E-state index in [1.165, 1.54) is 6.07 Å². The van der Waals surface area contributed by atoms with E-state index in [2.05, 4.69) is 43.3 Å². The largest absolute Gasteiger partial charge is 0.376 e. The Bertz CT molecular complexity index is 1660. The second-order valence-corrected chi connectivity index (χ2v) is 8.47. The average Bonchev–Trinajstić information content (AvgIpc) is 3.48. The summed E-state index contributed by atoms with van der Waals surface area (Å²) < 4.78 is 14.5. The van der Waals surface area contributed by atoms with Gasteiger partial charge in [0.05, 0.1) is 34.8 Å². The lowest BCUT2D eigenvalue weighted by Crippen LogP contribution is -2.08. The van der Waals surface area contributed by atoms with E-state index >= 15 is 0 Å². The van der Waals surface area contributed by atoms with Gasteiger partial charge in [0, 0.05) is 54.0 Å². The number of aromatic nitrogens is 5. The van der Waals surface area contributed by atoms with Gasteiger partial charge in [0.25, 0.3) is 0 Å². The molecule has 0 aliphatic heterocycles. The molecule has 6 aromatic rings. The number of hydrogen-bond donors (Lipinski definition) is 2. The van der Waals surface area contributed by atoms with Crippen molar-refractivity contribution in [1.29, 1.82) is 0 Å². The standard InChI is InChI=1S/C27H21FN6/c1-34(2)18-9-17(12-29-13-18)16-7-8-24-21(10-16)27(33-32-24)25-11-20-22(14-30-15-26(20)31-25)19-5-3-4-6-23(19)28/h3-15,31H,1-2H3,(H,32,33). The number of rotatable bonds is 4. The topological polar surface area (TPSA) is 73.5 Å². The highest BCUT2D eigenvalue weighted by molar-refractivity contribution is 6.01. The van der Waals surface area contributed by atoms with Crippen LogP contribution in [0, 0.1) is 5.82 Å². The summed E-state index contributed by atoms with van der Waals surface area (Å²) in [6.45, 7) is 0. The Morgan fingerprint density at radius 1 is 0.765 bits per heavy atom. The molecule has 0 aliphatic carbocycles. The highest BCUT2D eigenvalue weighted by atomic mass is 19.1. The number of H-pyrrole nitrogens is 2. The van der Waals surface area contributed by atoms with E-state index in [0.717, 1.165) is 55.6 Å². The first-order valence-corrected chi connectivity index (χ1v) is 10.9. The Kier molecular flexibility index (Phi) is 4.62. The lowest BCUT2D eigenvalue weighted by atomic mass is 10.0. The fraction of sp³-hybridized carbons (Fsp3) is 0.0741. The lowest BCUT2D eigenvalue weighted by Gasteiger charge is -2.13. The summed E-state index contributed by atoms with van der Waals surface area (Å²) in [6.07, 6.45) is 7.16. The fourth-order valence-corrected chi connectivity index (χ4v) is 4.30. The predicted octanol–water partition coefficient (Wildman–Crippen LogP) is 6.04. The number of benzene rings is 2. The third-order valence-electron chi connectivity index (χ3n) is 6.10. The van der Waals surface area contributed by atoms with Gasteiger partial charge in [-0.1, -0.05) is 24.3 Å². The number of nitrogens with one attached hydrogen (secondary N) is 2. The Morgan fingerprint density at radius 2 is 1.62 bits per heavy atom. The first-order chi connectivity index (χ1) is 16.6. The molecule has 34 heavy (non-hydrogen) atoms. The molecule has 0 saturated carbocycles. The van der Waals surface area contributed by atoms with Gasteiger partial charge in [-0.05, 0) is 35.9 Å². The quantitative estimate of drug-likeness (QED) is 0.345. The van der Waals surface area contributed by atoms with Crippen LogP contribution >= 0.6 is 0 Å². The van der Waals surface area contributed by atoms with Gasteiger partial charge >= 0.3 is 0 Å². The number of fused-ring (bicyclic) bond motifs is 2. The Morgan fingerprint density at radius 3 is 2.47 bits per heavy atom. The molecule has 2 aromatic carbocycles. The molecular weight excluding hydrogens is 427 g/mol. The maximum atomic E-state index is 14.5. The monoisotopic (exact) mass is 448 g/mol. The van der Waals surface area contributed by atoms with Crippen LogP contribution in [-0.2, 0) is 0 Å². The zero-order chi connectivity index (χ0) is 23.2. The van der Waals surface area contributed by atoms with Crippen LogP contribution in [0.15, 0.2) is 79.4 Å². The van der Waals surface area contributed by atoms with Gasteiger partial charge in [0.1, 0.15) is 11.5 Å². The van der Waals surface area contributed by atoms with Gasteiger partial charge < -0.3 is 9.88 Å². The van der Waals surface area contributed by atoms with E-state index < -0.39 is 0 Å². The Labute approximate surface area is 195 Å². The smallest absolute Gasteiger partial charge is 0.131 e. The minimum Gasteiger partial charge on any atom is -0.376 e. The van der Waals surface area contributed by atoms with E-state index in [0.29, 0.717) is 5.56 Å². The molecule has 2 N–H and O–H groups in total. The molecule has 0 aliphatic rings. The van der Waals surface area contributed by atoms with Gasteiger partial charge in [0.2, 0.25) is 0 Å². The van der Waals surface area contributed by atoms with Crippen molar-refractivity contribution in [2.75, 3.05) is 19.0 Å². The molecule has 0 fully saturated rings. The first kappa shape index (κ1) is 20.1. The molecule has 0 amide bonds. The molecule has 0 radical (unpaired) electrons. The maximum Gasteiger partial charge on any atom is 0.131 e. The van der Waals surface area contributed by atoms with E-state index in [4.69, 9.17) is 0 Å². The highest BCUT2D eigenvalue weighted by Gasteiger charge is 2.16. The van der Waals surface area contributed by atoms with Gasteiger partial charge in [-0.2, -0.15) is 5.10 Å². The molecule has 0 spiro atoms. The third kappa shape index (κ3) is 3.29. The van der Waals surface area contributed by atoms with E-state index in [9.17, 15) is 4.39 Å². The highest BCUT2D eigenvalue weighted by Crippen LogP contribution is 2.35. The summed E-state index contributed by atoms with van der Waals surface area (Å²) in [5.41, 5.74) is 7.77. The summed E-state index contributed by atoms with van der Waals surface area (Å²) in [7, 11) is 4.00. The third-order valence-corrected chi connectivity index (χ3v) is 6.10. The Balaban J connectivity index is 1.49. The summed E-state index contributed by atoms with van der Waals surface area (Å²) in [4.78, 5) is 14.2. The van der Waals surface area contributed by atoms with Gasteiger partial charge in [-0.3, -0.25) is 15.1 Å². The van der Waals surface area contributed by atoms with Crippen molar-refractivity contribution in [3.05, 3.63) is 85.2 Å². The van der Waals surface area contributed by atoms with Crippen molar-refractivity contribution in [3.8, 4) is 33.6 Å². The minimum atomic E-state index is -0.275. The molecule has 0 unspecified atom stereocenters. The van der Waals surface area contributed by atoms with Crippen LogP contribution < -0.4 is 4.90 Å². The maximum absolute atomic E-state index is 14.5. The molecule has 166 valence electrons. The van der Waals surface area contributed by atoms with E-state index in [-0.39, 0.29) is 5.82 Å². The van der Waals surface area contributed by atoms with E-state index in [1.54, 1.807) is 24.5 Å². The molecule has 0 bridgehead atoms. The molecule has 4 aromatic heterocycles. The molecular formula is C27H21FN6. The predicted molar refractivity (Wildman–Crippen MR) is 134 cm³/mol. The summed E-state index contributed by atoms with van der Waals surface area (Å²) >= 11 is 0. The van der Waals surface area contributed by atoms with E-state index in [1.807, 2.05) is 49.6 Å². The van der Waals surface area contributed by atoms with Crippen LogP contribution in [0.2, 0.25) is 0 Å². The van der Waals surface area contributed by atoms with Crippen LogP contribution in [0.3, 0.4) is 0 Å². The van der Waals surface area contributed by atoms with Crippen molar-refractivity contribution in [3.63, 3.8) is 0 Å². The number of anilines is 1. The van der Waals surface area contributed by atoms with Crippen LogP contribution in [0.5, 0.6) is 0 Å². The zero-order valence-electron chi connectivity index (χ0n) is 18.7. The van der Waals surface area contributed by atoms with Crippen molar-refractivity contribution in [2.45, 2.75) is 0 Å². The number of hydrogen-bond acceptors (Lipinski definition) is 4. The van der Waals surface area contributed by atoms with Gasteiger partial charge in [0.15, 0.2) is 0 Å². The molecule has 4 heterocycles. The zero-order valence-corrected chi connectivity index (χ0v) is 18.7. The number of halogens is 1. The van der Waals surface area contributed by atoms with Gasteiger partial charge in [-0.25, -0.2) is 4.39 Å². The minimum absolute atomic E-state index is 0.275. The molecule has 6 rings (SSSR count). The number of nitrogens with zero attached hydrogens (tertiary/aromatic N) is 4. The molecule has 6 nitrogen and oxygen atoms in total. The van der Waals surface area contributed by atoms with Crippen LogP contribution in [0.4, 0.5) is 10.1 Å². The van der Waals surface area contributed by atoms with Crippen molar-refractivity contribution >= 4 is 27.5 Å². The molecule has 0 saturated heterocycles. The van der Waals surface area contributed by atoms with Crippen LogP contribution in [-0.4, -0.2) is 39.2 Å². The second kappa shape index (κ2) is 7.81. The lowest BCUT2D eigenvalue weighted by molar-refractivity contribution is 0.631. The SMILES string of the molecule is CN(C)c1cncc(-c2ccc3[nH]nc(-c4cc5c(-c6ccccc6F)cncc5[nH]4)c3c2)c1. The molecule has 0 atom stereocenters. The van der Waals surface area contributed by atoms with Crippen molar-refractivity contribution < 1.29 is 4.39 Å². The average molecular weight is 449 g/mol. The summed E-state index contributed by atoms with van der Waals surface area (Å²) in [5, 5.41) is 9.59. The van der Waals surface area contributed by atoms with Crippen LogP contribution in [0.1, 0.15) is 0 Å². The van der Waals surface area contributed by atoms with Crippen LogP contribution in [0.25, 0.3) is 55.4 Å². The van der Waals surface area contributed by atoms with Crippen molar-refractivity contribution in [2.24, 2.45) is 0 Å². The number of aromatic amines is 2. The first-order valence-electron chi connectivity index (χ1n) is 10.9. The van der Waals surface area contributed by atoms with Gasteiger partial charge in [-0.15, -0.1) is 0 Å². The molecule has 7 heteroatoms.